The average Bonchev–Trinajstić information content (AvgIpc) is 2.95. The minimum absolute atomic E-state index is 0.870. The van der Waals surface area contributed by atoms with Crippen LogP contribution in [0.25, 0.3) is 23.2 Å². The fraction of sp³-hybridized carbons (Fsp3) is 0. The van der Waals surface area contributed by atoms with E-state index < -0.39 is 0 Å². The fourth-order valence-corrected chi connectivity index (χ4v) is 2.02. The molecule has 3 nitrogen and oxygen atoms in total. The van der Waals surface area contributed by atoms with Gasteiger partial charge in [0.05, 0.1) is 11.0 Å². The summed E-state index contributed by atoms with van der Waals surface area (Å²) >= 11 is 1.47. The first-order chi connectivity index (χ1) is 7.92. The van der Waals surface area contributed by atoms with Crippen LogP contribution in [0.1, 0.15) is 10.7 Å². The number of aromatic amines is 1. The van der Waals surface area contributed by atoms with Gasteiger partial charge in [-0.3, -0.25) is 0 Å². The molecule has 1 aromatic carbocycles. The molecule has 0 amide bonds. The lowest BCUT2D eigenvalue weighted by molar-refractivity contribution is 1.30. The molecule has 0 fully saturated rings. The van der Waals surface area contributed by atoms with Crippen molar-refractivity contribution in [2.45, 2.75) is 0 Å². The number of benzene rings is 1. The van der Waals surface area contributed by atoms with Crippen molar-refractivity contribution in [2.75, 3.05) is 0 Å². The van der Waals surface area contributed by atoms with E-state index in [9.17, 15) is 0 Å². The summed E-state index contributed by atoms with van der Waals surface area (Å²) in [6, 6.07) is 9.98. The van der Waals surface area contributed by atoms with E-state index in [1.165, 1.54) is 11.5 Å². The van der Waals surface area contributed by atoms with Crippen molar-refractivity contribution in [1.82, 2.24) is 14.3 Å². The number of H-pyrrole nitrogens is 1. The summed E-state index contributed by atoms with van der Waals surface area (Å²) in [5, 5.41) is 0. The van der Waals surface area contributed by atoms with Gasteiger partial charge in [-0.2, -0.15) is 0 Å². The molecule has 3 aromatic rings. The molecule has 16 heavy (non-hydrogen) atoms. The number of nitrogens with one attached hydrogen (secondary N) is 1. The van der Waals surface area contributed by atoms with Crippen LogP contribution in [-0.4, -0.2) is 14.3 Å². The highest BCUT2D eigenvalue weighted by Crippen LogP contribution is 2.13. The van der Waals surface area contributed by atoms with Crippen molar-refractivity contribution in [3.63, 3.8) is 0 Å². The van der Waals surface area contributed by atoms with Crippen molar-refractivity contribution < 1.29 is 0 Å². The molecule has 78 valence electrons. The Labute approximate surface area is 96.6 Å². The monoisotopic (exact) mass is 227 g/mol. The van der Waals surface area contributed by atoms with Gasteiger partial charge < -0.3 is 4.98 Å². The Hall–Kier alpha value is -1.94. The number of rotatable bonds is 2. The summed E-state index contributed by atoms with van der Waals surface area (Å²) in [4.78, 5) is 8.82. The number of fused-ring (bicyclic) bond motifs is 1. The van der Waals surface area contributed by atoms with E-state index in [2.05, 4.69) is 14.3 Å². The summed E-state index contributed by atoms with van der Waals surface area (Å²) in [5.74, 6) is 0.870. The van der Waals surface area contributed by atoms with Crippen LogP contribution in [-0.2, 0) is 0 Å². The summed E-state index contributed by atoms with van der Waals surface area (Å²) < 4.78 is 4.04. The van der Waals surface area contributed by atoms with Gasteiger partial charge in [0.1, 0.15) is 5.82 Å². The molecule has 4 heteroatoms. The molecular formula is C12H9N3S. The quantitative estimate of drug-likeness (QED) is 0.730. The highest BCUT2D eigenvalue weighted by molar-refractivity contribution is 7.06. The summed E-state index contributed by atoms with van der Waals surface area (Å²) in [7, 11) is 0. The molecule has 0 aliphatic heterocycles. The molecule has 0 aliphatic rings. The molecule has 0 aliphatic carbocycles. The number of hydrogen-bond donors (Lipinski definition) is 1. The molecule has 0 bridgehead atoms. The van der Waals surface area contributed by atoms with E-state index in [0.29, 0.717) is 0 Å². The second-order valence-corrected chi connectivity index (χ2v) is 4.25. The molecule has 0 saturated heterocycles. The molecular weight excluding hydrogens is 218 g/mol. The van der Waals surface area contributed by atoms with Crippen LogP contribution in [0, 0.1) is 0 Å². The fourth-order valence-electron chi connectivity index (χ4n) is 1.52. The number of aromatic nitrogens is 3. The van der Waals surface area contributed by atoms with E-state index >= 15 is 0 Å². The number of nitrogens with zero attached hydrogens (tertiary/aromatic N) is 2. The van der Waals surface area contributed by atoms with Gasteiger partial charge in [-0.05, 0) is 41.9 Å². The lowest BCUT2D eigenvalue weighted by atomic mass is 10.3. The Morgan fingerprint density at radius 1 is 1.12 bits per heavy atom. The second kappa shape index (κ2) is 3.90. The van der Waals surface area contributed by atoms with E-state index in [0.717, 1.165) is 21.7 Å². The zero-order valence-corrected chi connectivity index (χ0v) is 9.24. The average molecular weight is 227 g/mol. The summed E-state index contributed by atoms with van der Waals surface area (Å²) in [6.07, 6.45) is 5.77. The standard InChI is InChI=1S/C12H9N3S/c1-2-4-11-10(3-1)14-12(15-11)6-5-9-7-8-13-16-9/h1-8H,(H,14,15). The van der Waals surface area contributed by atoms with Crippen molar-refractivity contribution in [3.05, 3.63) is 47.2 Å². The highest BCUT2D eigenvalue weighted by atomic mass is 32.1. The minimum atomic E-state index is 0.870. The van der Waals surface area contributed by atoms with Crippen molar-refractivity contribution in [1.29, 1.82) is 0 Å². The van der Waals surface area contributed by atoms with Gasteiger partial charge in [0, 0.05) is 11.1 Å². The number of imidazole rings is 1. The highest BCUT2D eigenvalue weighted by Gasteiger charge is 1.97. The molecule has 0 atom stereocenters. The van der Waals surface area contributed by atoms with E-state index in [1.54, 1.807) is 6.20 Å². The SMILES string of the molecule is C(=Cc1ccns1)c1nc2ccccc2[nH]1. The Balaban J connectivity index is 1.95. The van der Waals surface area contributed by atoms with Crippen LogP contribution < -0.4 is 0 Å². The van der Waals surface area contributed by atoms with Gasteiger partial charge >= 0.3 is 0 Å². The maximum absolute atomic E-state index is 4.45. The molecule has 3 rings (SSSR count). The van der Waals surface area contributed by atoms with E-state index in [-0.39, 0.29) is 0 Å². The smallest absolute Gasteiger partial charge is 0.131 e. The van der Waals surface area contributed by atoms with Crippen molar-refractivity contribution >= 4 is 34.7 Å². The Morgan fingerprint density at radius 2 is 2.06 bits per heavy atom. The molecule has 0 saturated carbocycles. The lowest BCUT2D eigenvalue weighted by Gasteiger charge is -1.82. The zero-order valence-electron chi connectivity index (χ0n) is 8.42. The van der Waals surface area contributed by atoms with Crippen molar-refractivity contribution in [3.8, 4) is 0 Å². The molecule has 2 heterocycles. The number of hydrogen-bond acceptors (Lipinski definition) is 3. The predicted octanol–water partition coefficient (Wildman–Crippen LogP) is 3.19. The molecule has 2 aromatic heterocycles. The first-order valence-corrected chi connectivity index (χ1v) is 5.73. The van der Waals surface area contributed by atoms with Gasteiger partial charge in [-0.25, -0.2) is 9.36 Å². The normalized spacial score (nSPS) is 11.5. The second-order valence-electron chi connectivity index (χ2n) is 3.39. The third kappa shape index (κ3) is 1.75. The Kier molecular flexibility index (Phi) is 2.27. The molecule has 0 unspecified atom stereocenters. The summed E-state index contributed by atoms with van der Waals surface area (Å²) in [5.41, 5.74) is 2.05. The summed E-state index contributed by atoms with van der Waals surface area (Å²) in [6.45, 7) is 0. The lowest BCUT2D eigenvalue weighted by Crippen LogP contribution is -1.72. The van der Waals surface area contributed by atoms with Gasteiger partial charge in [-0.1, -0.05) is 12.1 Å². The molecule has 0 spiro atoms. The van der Waals surface area contributed by atoms with Gasteiger partial charge in [0.2, 0.25) is 0 Å². The van der Waals surface area contributed by atoms with E-state index in [4.69, 9.17) is 0 Å². The first kappa shape index (κ1) is 9.30. The predicted molar refractivity (Wildman–Crippen MR) is 67.1 cm³/mol. The number of para-hydroxylation sites is 2. The third-order valence-corrected chi connectivity index (χ3v) is 2.98. The topological polar surface area (TPSA) is 41.6 Å². The van der Waals surface area contributed by atoms with Crippen LogP contribution in [0.3, 0.4) is 0 Å². The van der Waals surface area contributed by atoms with Gasteiger partial charge in [0.25, 0.3) is 0 Å². The third-order valence-electron chi connectivity index (χ3n) is 2.27. The van der Waals surface area contributed by atoms with Crippen LogP contribution in [0.5, 0.6) is 0 Å². The maximum Gasteiger partial charge on any atom is 0.131 e. The zero-order chi connectivity index (χ0) is 10.8. The van der Waals surface area contributed by atoms with Gasteiger partial charge in [0.15, 0.2) is 0 Å². The van der Waals surface area contributed by atoms with Crippen LogP contribution in [0.15, 0.2) is 36.5 Å². The molecule has 0 radical (unpaired) electrons. The largest absolute Gasteiger partial charge is 0.338 e. The Morgan fingerprint density at radius 3 is 2.88 bits per heavy atom. The van der Waals surface area contributed by atoms with Crippen LogP contribution in [0.2, 0.25) is 0 Å². The van der Waals surface area contributed by atoms with Gasteiger partial charge in [-0.15, -0.1) is 0 Å². The van der Waals surface area contributed by atoms with Crippen LogP contribution in [0.4, 0.5) is 0 Å². The minimum Gasteiger partial charge on any atom is -0.338 e. The molecule has 1 N–H and O–H groups in total. The first-order valence-electron chi connectivity index (χ1n) is 4.95. The maximum atomic E-state index is 4.45. The van der Waals surface area contributed by atoms with E-state index in [1.807, 2.05) is 42.5 Å². The van der Waals surface area contributed by atoms with Crippen molar-refractivity contribution in [2.24, 2.45) is 0 Å². The Bertz CT molecular complexity index is 590. The van der Waals surface area contributed by atoms with Crippen LogP contribution >= 0.6 is 11.5 Å².